The molecule has 3 aromatic rings. The van der Waals surface area contributed by atoms with Gasteiger partial charge in [-0.2, -0.15) is 0 Å². The average molecular weight is 398 g/mol. The van der Waals surface area contributed by atoms with Gasteiger partial charge in [-0.15, -0.1) is 0 Å². The second kappa shape index (κ2) is 6.29. The molecule has 1 aromatic carbocycles. The maximum absolute atomic E-state index is 12.3. The number of carbonyl (C=O) groups excluding carboxylic acids is 1. The molecule has 0 spiro atoms. The molecule has 0 bridgehead atoms. The normalized spacial score (nSPS) is 20.8. The number of fused-ring (bicyclic) bond motifs is 2. The zero-order valence-electron chi connectivity index (χ0n) is 17.0. The first-order valence-corrected chi connectivity index (χ1v) is 10.4. The van der Waals surface area contributed by atoms with Crippen molar-refractivity contribution in [1.82, 2.24) is 20.8 Å². The number of hydrogen-bond acceptors (Lipinski definition) is 4. The van der Waals surface area contributed by atoms with E-state index < -0.39 is 0 Å². The molecule has 0 radical (unpaired) electrons. The lowest BCUT2D eigenvalue weighted by atomic mass is 9.82. The molecule has 6 heteroatoms. The third-order valence-corrected chi connectivity index (χ3v) is 6.39. The van der Waals surface area contributed by atoms with Gasteiger partial charge in [-0.1, -0.05) is 17.3 Å². The summed E-state index contributed by atoms with van der Waals surface area (Å²) in [7, 11) is 0. The molecule has 2 N–H and O–H groups in total. The summed E-state index contributed by atoms with van der Waals surface area (Å²) in [6.45, 7) is 3.91. The first-order chi connectivity index (χ1) is 14.6. The van der Waals surface area contributed by atoms with E-state index in [1.54, 1.807) is 0 Å². The highest BCUT2D eigenvalue weighted by molar-refractivity contribution is 6.02. The van der Waals surface area contributed by atoms with Gasteiger partial charge in [0, 0.05) is 22.7 Å². The highest BCUT2D eigenvalue weighted by atomic mass is 16.5. The van der Waals surface area contributed by atoms with Gasteiger partial charge < -0.3 is 15.2 Å². The van der Waals surface area contributed by atoms with Gasteiger partial charge in [0.15, 0.2) is 0 Å². The van der Waals surface area contributed by atoms with Gasteiger partial charge in [-0.3, -0.25) is 4.98 Å². The number of nitrogens with zero attached hydrogens (tertiary/aromatic N) is 2. The van der Waals surface area contributed by atoms with E-state index in [0.717, 1.165) is 44.8 Å². The molecule has 6 nitrogen and oxygen atoms in total. The Kier molecular flexibility index (Phi) is 3.66. The Morgan fingerprint density at radius 3 is 2.77 bits per heavy atom. The molecule has 2 amide bonds. The standard InChI is InChI=1S/C24H22N4O2/c1-12-21(13(2)30-28-12)15-10-18(23-20(11-15)26-24(29)27-23)22-16(14-5-6-14)7-8-19-17(22)4-3-9-25-19/h3-4,7-10,14,20H,5-6,11H2,1-2H3,(H2,26,27,29). The van der Waals surface area contributed by atoms with Crippen LogP contribution in [0.4, 0.5) is 4.79 Å². The van der Waals surface area contributed by atoms with Crippen molar-refractivity contribution >= 4 is 28.1 Å². The van der Waals surface area contributed by atoms with Crippen LogP contribution in [0.15, 0.2) is 46.8 Å². The predicted octanol–water partition coefficient (Wildman–Crippen LogP) is 4.60. The highest BCUT2D eigenvalue weighted by Gasteiger charge is 2.36. The molecule has 3 heterocycles. The first kappa shape index (κ1) is 17.4. The van der Waals surface area contributed by atoms with E-state index in [9.17, 15) is 4.79 Å². The molecule has 2 fully saturated rings. The summed E-state index contributed by atoms with van der Waals surface area (Å²) in [4.78, 5) is 16.9. The summed E-state index contributed by atoms with van der Waals surface area (Å²) < 4.78 is 5.44. The van der Waals surface area contributed by atoms with E-state index in [2.05, 4.69) is 45.0 Å². The van der Waals surface area contributed by atoms with Crippen LogP contribution in [-0.4, -0.2) is 22.2 Å². The van der Waals surface area contributed by atoms with Crippen LogP contribution in [0.25, 0.3) is 22.0 Å². The van der Waals surface area contributed by atoms with Gasteiger partial charge in [-0.25, -0.2) is 4.79 Å². The van der Waals surface area contributed by atoms with Crippen LogP contribution >= 0.6 is 0 Å². The van der Waals surface area contributed by atoms with E-state index in [4.69, 9.17) is 4.52 Å². The predicted molar refractivity (Wildman–Crippen MR) is 115 cm³/mol. The summed E-state index contributed by atoms with van der Waals surface area (Å²) in [5.74, 6) is 1.37. The Balaban J connectivity index is 1.64. The summed E-state index contributed by atoms with van der Waals surface area (Å²) in [6, 6.07) is 8.22. The Labute approximate surface area is 174 Å². The summed E-state index contributed by atoms with van der Waals surface area (Å²) in [5, 5.41) is 11.4. The molecule has 1 unspecified atom stereocenters. The number of carbonyl (C=O) groups is 1. The van der Waals surface area contributed by atoms with Crippen LogP contribution in [0.1, 0.15) is 53.3 Å². The number of urea groups is 1. The Morgan fingerprint density at radius 2 is 2.00 bits per heavy atom. The maximum Gasteiger partial charge on any atom is 0.319 e. The number of allylic oxidation sites excluding steroid dienone is 2. The van der Waals surface area contributed by atoms with Crippen molar-refractivity contribution in [3.8, 4) is 0 Å². The van der Waals surface area contributed by atoms with Crippen LogP contribution < -0.4 is 10.6 Å². The van der Waals surface area contributed by atoms with Crippen molar-refractivity contribution in [2.75, 3.05) is 0 Å². The number of aromatic nitrogens is 2. The minimum Gasteiger partial charge on any atom is -0.361 e. The molecule has 30 heavy (non-hydrogen) atoms. The molecule has 1 saturated carbocycles. The van der Waals surface area contributed by atoms with Crippen molar-refractivity contribution < 1.29 is 9.32 Å². The van der Waals surface area contributed by atoms with Gasteiger partial charge in [0.05, 0.1) is 22.9 Å². The Hall–Kier alpha value is -3.41. The Bertz CT molecular complexity index is 1260. The lowest BCUT2D eigenvalue weighted by Crippen LogP contribution is -2.27. The van der Waals surface area contributed by atoms with Crippen LogP contribution in [0.3, 0.4) is 0 Å². The fourth-order valence-electron chi connectivity index (χ4n) is 4.94. The van der Waals surface area contributed by atoms with E-state index in [1.165, 1.54) is 24.0 Å². The van der Waals surface area contributed by atoms with Crippen molar-refractivity contribution in [3.05, 3.63) is 70.4 Å². The second-order valence-corrected chi connectivity index (χ2v) is 8.43. The van der Waals surface area contributed by atoms with Crippen LogP contribution in [0.5, 0.6) is 0 Å². The number of benzene rings is 1. The number of pyridine rings is 1. The SMILES string of the molecule is Cc1noc(C)c1C1=CC(c2c(C3CC3)ccc3ncccc23)=C2NC(=O)NC2C1. The highest BCUT2D eigenvalue weighted by Crippen LogP contribution is 2.48. The fraction of sp³-hybridized carbons (Fsp3) is 0.292. The van der Waals surface area contributed by atoms with Crippen molar-refractivity contribution in [1.29, 1.82) is 0 Å². The zero-order chi connectivity index (χ0) is 20.4. The first-order valence-electron chi connectivity index (χ1n) is 10.4. The van der Waals surface area contributed by atoms with E-state index in [0.29, 0.717) is 12.3 Å². The lowest BCUT2D eigenvalue weighted by molar-refractivity contribution is 0.247. The quantitative estimate of drug-likeness (QED) is 0.676. The molecular weight excluding hydrogens is 376 g/mol. The van der Waals surface area contributed by atoms with Gasteiger partial charge in [-0.05, 0) is 73.9 Å². The number of rotatable bonds is 3. The topological polar surface area (TPSA) is 80.1 Å². The van der Waals surface area contributed by atoms with Gasteiger partial charge in [0.1, 0.15) is 5.76 Å². The van der Waals surface area contributed by atoms with Gasteiger partial charge >= 0.3 is 6.03 Å². The summed E-state index contributed by atoms with van der Waals surface area (Å²) >= 11 is 0. The molecule has 150 valence electrons. The minimum absolute atomic E-state index is 0.0832. The van der Waals surface area contributed by atoms with E-state index in [-0.39, 0.29) is 12.1 Å². The number of aryl methyl sites for hydroxylation is 2. The van der Waals surface area contributed by atoms with Crippen molar-refractivity contribution in [3.63, 3.8) is 0 Å². The third-order valence-electron chi connectivity index (χ3n) is 6.39. The largest absolute Gasteiger partial charge is 0.361 e. The van der Waals surface area contributed by atoms with Crippen LogP contribution in [0.2, 0.25) is 0 Å². The number of hydrogen-bond donors (Lipinski definition) is 2. The van der Waals surface area contributed by atoms with E-state index in [1.807, 2.05) is 26.1 Å². The van der Waals surface area contributed by atoms with Gasteiger partial charge in [0.2, 0.25) is 0 Å². The molecule has 2 aromatic heterocycles. The average Bonchev–Trinajstić information content (AvgIpc) is 3.44. The molecule has 2 aliphatic carbocycles. The summed E-state index contributed by atoms with van der Waals surface area (Å²) in [5.41, 5.74) is 8.58. The van der Waals surface area contributed by atoms with Crippen LogP contribution in [-0.2, 0) is 0 Å². The van der Waals surface area contributed by atoms with Gasteiger partial charge in [0.25, 0.3) is 0 Å². The molecule has 6 rings (SSSR count). The monoisotopic (exact) mass is 398 g/mol. The lowest BCUT2D eigenvalue weighted by Gasteiger charge is -2.25. The molecule has 1 saturated heterocycles. The third kappa shape index (κ3) is 2.60. The molecule has 1 atom stereocenters. The number of nitrogens with one attached hydrogen (secondary N) is 2. The van der Waals surface area contributed by atoms with Crippen molar-refractivity contribution in [2.24, 2.45) is 0 Å². The molecule has 1 aliphatic heterocycles. The minimum atomic E-state index is -0.146. The Morgan fingerprint density at radius 1 is 1.13 bits per heavy atom. The maximum atomic E-state index is 12.3. The summed E-state index contributed by atoms with van der Waals surface area (Å²) in [6.07, 6.45) is 7.17. The van der Waals surface area contributed by atoms with E-state index >= 15 is 0 Å². The second-order valence-electron chi connectivity index (χ2n) is 8.43. The molecular formula is C24H22N4O2. The fourth-order valence-corrected chi connectivity index (χ4v) is 4.94. The van der Waals surface area contributed by atoms with Crippen LogP contribution in [0, 0.1) is 13.8 Å². The number of amides is 2. The smallest absolute Gasteiger partial charge is 0.319 e. The molecule has 3 aliphatic rings. The zero-order valence-corrected chi connectivity index (χ0v) is 17.0. The van der Waals surface area contributed by atoms with Crippen molar-refractivity contribution in [2.45, 2.75) is 45.1 Å².